The molecule has 0 spiro atoms. The normalized spacial score (nSPS) is 11.0. The molecule has 0 atom stereocenters. The molecule has 0 amide bonds. The molecule has 2 aromatic heterocycles. The Bertz CT molecular complexity index is 975. The predicted octanol–water partition coefficient (Wildman–Crippen LogP) is 2.88. The van der Waals surface area contributed by atoms with Gasteiger partial charge in [0.2, 0.25) is 0 Å². The lowest BCUT2D eigenvalue weighted by atomic mass is 10.2. The second kappa shape index (κ2) is 8.94. The Kier molecular flexibility index (Phi) is 6.37. The van der Waals surface area contributed by atoms with E-state index in [-0.39, 0.29) is 11.4 Å². The van der Waals surface area contributed by atoms with E-state index < -0.39 is 5.97 Å². The number of hydrogen-bond acceptors (Lipinski definition) is 6. The highest BCUT2D eigenvalue weighted by Gasteiger charge is 2.12. The third-order valence-electron chi connectivity index (χ3n) is 4.07. The lowest BCUT2D eigenvalue weighted by molar-refractivity contribution is 0.0696. The first kappa shape index (κ1) is 20.0. The van der Waals surface area contributed by atoms with Crippen molar-refractivity contribution in [1.29, 1.82) is 0 Å². The molecule has 28 heavy (non-hydrogen) atoms. The number of hydrogen-bond donors (Lipinski definition) is 2. The number of carboxylic acid groups (broad SMARTS) is 1. The number of aryl methyl sites for hydroxylation is 1. The number of benzene rings is 1. The molecule has 0 fully saturated rings. The molecular formula is C19H20FN5O2S. The summed E-state index contributed by atoms with van der Waals surface area (Å²) in [5.74, 6) is -0.513. The minimum Gasteiger partial charge on any atom is -0.478 e. The summed E-state index contributed by atoms with van der Waals surface area (Å²) < 4.78 is 15.1. The largest absolute Gasteiger partial charge is 0.478 e. The Morgan fingerprint density at radius 1 is 1.21 bits per heavy atom. The van der Waals surface area contributed by atoms with Gasteiger partial charge < -0.3 is 15.0 Å². The minimum absolute atomic E-state index is 0.216. The summed E-state index contributed by atoms with van der Waals surface area (Å²) in [5.41, 5.74) is 2.46. The molecule has 0 aliphatic carbocycles. The third kappa shape index (κ3) is 4.93. The minimum atomic E-state index is -0.976. The standard InChI is InChI=1S/C19H20FN5O2S/c1-12-7-14(18(26)27)8-16(22-12)9-21-10-17-23-24-19(28-2)25(17)11-13-3-5-15(20)6-4-13/h3-8,21H,9-11H2,1-2H3,(H,26,27). The zero-order chi connectivity index (χ0) is 20.1. The fourth-order valence-electron chi connectivity index (χ4n) is 2.79. The Morgan fingerprint density at radius 2 is 1.96 bits per heavy atom. The van der Waals surface area contributed by atoms with Crippen molar-refractivity contribution in [1.82, 2.24) is 25.1 Å². The Morgan fingerprint density at radius 3 is 2.64 bits per heavy atom. The van der Waals surface area contributed by atoms with Crippen LogP contribution in [0.15, 0.2) is 41.6 Å². The molecule has 0 radical (unpaired) electrons. The summed E-state index contributed by atoms with van der Waals surface area (Å²) >= 11 is 1.49. The van der Waals surface area contributed by atoms with E-state index in [2.05, 4.69) is 20.5 Å². The molecule has 2 heterocycles. The number of halogens is 1. The molecule has 1 aromatic carbocycles. The lowest BCUT2D eigenvalue weighted by Gasteiger charge is -2.11. The van der Waals surface area contributed by atoms with Gasteiger partial charge in [-0.2, -0.15) is 0 Å². The van der Waals surface area contributed by atoms with Gasteiger partial charge in [-0.25, -0.2) is 9.18 Å². The fraction of sp³-hybridized carbons (Fsp3) is 0.263. The zero-order valence-corrected chi connectivity index (χ0v) is 16.3. The van der Waals surface area contributed by atoms with E-state index in [4.69, 9.17) is 5.11 Å². The molecule has 0 unspecified atom stereocenters. The molecule has 0 aliphatic heterocycles. The van der Waals surface area contributed by atoms with Gasteiger partial charge in [0.15, 0.2) is 5.16 Å². The molecule has 2 N–H and O–H groups in total. The number of rotatable bonds is 8. The quantitative estimate of drug-likeness (QED) is 0.561. The molecule has 9 heteroatoms. The van der Waals surface area contributed by atoms with Crippen molar-refractivity contribution in [2.75, 3.05) is 6.26 Å². The lowest BCUT2D eigenvalue weighted by Crippen LogP contribution is -2.18. The van der Waals surface area contributed by atoms with Crippen LogP contribution in [0.1, 0.15) is 33.1 Å². The van der Waals surface area contributed by atoms with Crippen LogP contribution in [-0.4, -0.2) is 37.1 Å². The van der Waals surface area contributed by atoms with Crippen molar-refractivity contribution in [3.63, 3.8) is 0 Å². The van der Waals surface area contributed by atoms with Crippen molar-refractivity contribution in [3.8, 4) is 0 Å². The summed E-state index contributed by atoms with van der Waals surface area (Å²) in [6.45, 7) is 3.14. The summed E-state index contributed by atoms with van der Waals surface area (Å²) in [6, 6.07) is 9.43. The second-order valence-electron chi connectivity index (χ2n) is 6.21. The van der Waals surface area contributed by atoms with Crippen molar-refractivity contribution in [2.45, 2.75) is 31.7 Å². The SMILES string of the molecule is CSc1nnc(CNCc2cc(C(=O)O)cc(C)n2)n1Cc1ccc(F)cc1. The van der Waals surface area contributed by atoms with Crippen molar-refractivity contribution in [3.05, 3.63) is 70.6 Å². The Balaban J connectivity index is 1.70. The highest BCUT2D eigenvalue weighted by Crippen LogP contribution is 2.16. The first-order chi connectivity index (χ1) is 13.5. The zero-order valence-electron chi connectivity index (χ0n) is 15.5. The molecule has 7 nitrogen and oxygen atoms in total. The number of aromatic nitrogens is 4. The van der Waals surface area contributed by atoms with Crippen LogP contribution in [0.3, 0.4) is 0 Å². The van der Waals surface area contributed by atoms with Gasteiger partial charge in [0.25, 0.3) is 0 Å². The number of thioether (sulfide) groups is 1. The Hall–Kier alpha value is -2.78. The Labute approximate surface area is 166 Å². The monoisotopic (exact) mass is 401 g/mol. The van der Waals surface area contributed by atoms with E-state index >= 15 is 0 Å². The van der Waals surface area contributed by atoms with E-state index in [1.807, 2.05) is 10.8 Å². The van der Waals surface area contributed by atoms with Gasteiger partial charge in [-0.15, -0.1) is 10.2 Å². The number of nitrogens with one attached hydrogen (secondary N) is 1. The van der Waals surface area contributed by atoms with Crippen molar-refractivity contribution < 1.29 is 14.3 Å². The molecule has 3 rings (SSSR count). The maximum atomic E-state index is 13.1. The van der Waals surface area contributed by atoms with Gasteiger partial charge >= 0.3 is 5.97 Å². The average molecular weight is 401 g/mol. The molecule has 146 valence electrons. The maximum absolute atomic E-state index is 13.1. The molecule has 0 saturated heterocycles. The van der Waals surface area contributed by atoms with Crippen LogP contribution < -0.4 is 5.32 Å². The van der Waals surface area contributed by atoms with Gasteiger partial charge in [0.05, 0.1) is 24.3 Å². The van der Waals surface area contributed by atoms with Gasteiger partial charge in [0, 0.05) is 12.2 Å². The van der Waals surface area contributed by atoms with Crippen molar-refractivity contribution >= 4 is 17.7 Å². The highest BCUT2D eigenvalue weighted by atomic mass is 32.2. The number of carboxylic acids is 1. The van der Waals surface area contributed by atoms with Crippen LogP contribution >= 0.6 is 11.8 Å². The topological polar surface area (TPSA) is 92.9 Å². The van der Waals surface area contributed by atoms with Crippen LogP contribution in [0.25, 0.3) is 0 Å². The van der Waals surface area contributed by atoms with Crippen LogP contribution in [-0.2, 0) is 19.6 Å². The summed E-state index contributed by atoms with van der Waals surface area (Å²) in [5, 5.41) is 21.6. The van der Waals surface area contributed by atoms with E-state index in [0.29, 0.717) is 31.0 Å². The molecule has 3 aromatic rings. The number of pyridine rings is 1. The van der Waals surface area contributed by atoms with Gasteiger partial charge in [0.1, 0.15) is 11.6 Å². The first-order valence-corrected chi connectivity index (χ1v) is 9.81. The van der Waals surface area contributed by atoms with Gasteiger partial charge in [-0.05, 0) is 43.0 Å². The predicted molar refractivity (Wildman–Crippen MR) is 104 cm³/mol. The van der Waals surface area contributed by atoms with E-state index in [0.717, 1.165) is 16.5 Å². The van der Waals surface area contributed by atoms with Gasteiger partial charge in [-0.3, -0.25) is 4.98 Å². The van der Waals surface area contributed by atoms with E-state index in [9.17, 15) is 9.18 Å². The number of nitrogens with zero attached hydrogens (tertiary/aromatic N) is 4. The highest BCUT2D eigenvalue weighted by molar-refractivity contribution is 7.98. The molecule has 0 saturated carbocycles. The molecule has 0 bridgehead atoms. The second-order valence-corrected chi connectivity index (χ2v) is 6.99. The number of aromatic carboxylic acids is 1. The molecular weight excluding hydrogens is 381 g/mol. The van der Waals surface area contributed by atoms with Gasteiger partial charge in [-0.1, -0.05) is 23.9 Å². The first-order valence-electron chi connectivity index (χ1n) is 8.58. The number of carbonyl (C=O) groups is 1. The van der Waals surface area contributed by atoms with E-state index in [1.165, 1.54) is 30.0 Å². The summed E-state index contributed by atoms with van der Waals surface area (Å²) in [7, 11) is 0. The van der Waals surface area contributed by atoms with Crippen LogP contribution in [0, 0.1) is 12.7 Å². The van der Waals surface area contributed by atoms with Crippen LogP contribution in [0.4, 0.5) is 4.39 Å². The summed E-state index contributed by atoms with van der Waals surface area (Å²) in [6.07, 6.45) is 1.92. The summed E-state index contributed by atoms with van der Waals surface area (Å²) in [4.78, 5) is 15.5. The van der Waals surface area contributed by atoms with E-state index in [1.54, 1.807) is 25.1 Å². The molecule has 0 aliphatic rings. The fourth-order valence-corrected chi connectivity index (χ4v) is 3.30. The van der Waals surface area contributed by atoms with Crippen LogP contribution in [0.2, 0.25) is 0 Å². The third-order valence-corrected chi connectivity index (χ3v) is 4.74. The van der Waals surface area contributed by atoms with Crippen molar-refractivity contribution in [2.24, 2.45) is 0 Å². The average Bonchev–Trinajstić information content (AvgIpc) is 3.05. The van der Waals surface area contributed by atoms with Crippen LogP contribution in [0.5, 0.6) is 0 Å². The maximum Gasteiger partial charge on any atom is 0.335 e. The smallest absolute Gasteiger partial charge is 0.335 e.